The van der Waals surface area contributed by atoms with E-state index in [1.165, 1.54) is 25.0 Å². The fourth-order valence-corrected chi connectivity index (χ4v) is 5.11. The lowest BCUT2D eigenvalue weighted by molar-refractivity contribution is 0.0976. The number of ketones is 1. The number of pyridine rings is 1. The van der Waals surface area contributed by atoms with Gasteiger partial charge in [0, 0.05) is 47.5 Å². The van der Waals surface area contributed by atoms with Gasteiger partial charge in [0.25, 0.3) is 0 Å². The van der Waals surface area contributed by atoms with E-state index >= 15 is 0 Å². The Morgan fingerprint density at radius 3 is 2.48 bits per heavy atom. The molecule has 4 aromatic rings. The molecule has 9 nitrogen and oxygen atoms in total. The number of benzene rings is 2. The lowest BCUT2D eigenvalue weighted by atomic mass is 9.92. The van der Waals surface area contributed by atoms with Crippen molar-refractivity contribution < 1.29 is 18.7 Å². The van der Waals surface area contributed by atoms with Crippen molar-refractivity contribution in [2.45, 2.75) is 58.8 Å². The Bertz CT molecular complexity index is 1640. The Labute approximate surface area is 257 Å². The number of urea groups is 1. The van der Waals surface area contributed by atoms with Crippen LogP contribution in [0.15, 0.2) is 66.9 Å². The van der Waals surface area contributed by atoms with Crippen LogP contribution in [0.4, 0.5) is 20.7 Å². The number of hydrogen-bond donors (Lipinski definition) is 2. The highest BCUT2D eigenvalue weighted by Crippen LogP contribution is 2.28. The fourth-order valence-electron chi connectivity index (χ4n) is 5.11. The van der Waals surface area contributed by atoms with Crippen LogP contribution >= 0.6 is 0 Å². The number of likely N-dealkylation sites (tertiary alicyclic amines) is 1. The quantitative estimate of drug-likeness (QED) is 0.183. The third-order valence-corrected chi connectivity index (χ3v) is 7.50. The molecule has 0 radical (unpaired) electrons. The topological polar surface area (TPSA) is 101 Å². The van der Waals surface area contributed by atoms with Gasteiger partial charge < -0.3 is 15.0 Å². The van der Waals surface area contributed by atoms with E-state index in [1.807, 2.05) is 45.9 Å². The summed E-state index contributed by atoms with van der Waals surface area (Å²) >= 11 is 0. The number of carbonyl (C=O) groups is 2. The molecule has 0 unspecified atom stereocenters. The highest BCUT2D eigenvalue weighted by molar-refractivity contribution is 6.00. The molecule has 1 aliphatic rings. The second-order valence-corrected chi connectivity index (χ2v) is 12.2. The second-order valence-electron chi connectivity index (χ2n) is 12.2. The van der Waals surface area contributed by atoms with Crippen LogP contribution in [-0.4, -0.2) is 51.1 Å². The zero-order valence-electron chi connectivity index (χ0n) is 25.7. The van der Waals surface area contributed by atoms with E-state index in [2.05, 4.69) is 20.5 Å². The van der Waals surface area contributed by atoms with Crippen molar-refractivity contribution in [3.8, 4) is 17.2 Å². The maximum Gasteiger partial charge on any atom is 0.324 e. The average Bonchev–Trinajstić information content (AvgIpc) is 3.65. The number of ether oxygens (including phenoxy) is 1. The molecule has 0 aliphatic carbocycles. The molecule has 10 heteroatoms. The summed E-state index contributed by atoms with van der Waals surface area (Å²) in [6.07, 6.45) is 5.36. The van der Waals surface area contributed by atoms with Crippen molar-refractivity contribution in [1.29, 1.82) is 0 Å². The number of aryl methyl sites for hydroxylation is 1. The van der Waals surface area contributed by atoms with Gasteiger partial charge in [-0.1, -0.05) is 32.9 Å². The first-order chi connectivity index (χ1) is 21.0. The van der Waals surface area contributed by atoms with E-state index in [4.69, 9.17) is 9.84 Å². The fraction of sp³-hybridized carbons (Fsp3) is 0.353. The van der Waals surface area contributed by atoms with Gasteiger partial charge in [0.15, 0.2) is 5.78 Å². The van der Waals surface area contributed by atoms with Gasteiger partial charge in [-0.15, -0.1) is 0 Å². The van der Waals surface area contributed by atoms with Crippen molar-refractivity contribution in [2.75, 3.05) is 30.3 Å². The summed E-state index contributed by atoms with van der Waals surface area (Å²) in [5.41, 5.74) is 2.44. The number of aromatic nitrogens is 3. The summed E-state index contributed by atoms with van der Waals surface area (Å²) in [7, 11) is 0. The lowest BCUT2D eigenvalue weighted by Gasteiger charge is -2.14. The number of nitrogens with one attached hydrogen (secondary N) is 2. The van der Waals surface area contributed by atoms with E-state index < -0.39 is 11.8 Å². The Kier molecular flexibility index (Phi) is 9.39. The molecule has 0 bridgehead atoms. The van der Waals surface area contributed by atoms with Gasteiger partial charge in [-0.25, -0.2) is 13.9 Å². The summed E-state index contributed by atoms with van der Waals surface area (Å²) in [5, 5.41) is 10.1. The molecule has 0 atom stereocenters. The third kappa shape index (κ3) is 7.87. The van der Waals surface area contributed by atoms with Crippen molar-refractivity contribution in [3.63, 3.8) is 0 Å². The number of anilines is 2. The molecule has 5 rings (SSSR count). The average molecular weight is 599 g/mol. The van der Waals surface area contributed by atoms with Gasteiger partial charge in [-0.3, -0.25) is 15.1 Å². The highest BCUT2D eigenvalue weighted by Gasteiger charge is 2.22. The predicted octanol–water partition coefficient (Wildman–Crippen LogP) is 7.51. The maximum atomic E-state index is 14.9. The van der Waals surface area contributed by atoms with Gasteiger partial charge in [-0.05, 0) is 76.2 Å². The second kappa shape index (κ2) is 13.4. The van der Waals surface area contributed by atoms with Gasteiger partial charge in [0.1, 0.15) is 23.1 Å². The van der Waals surface area contributed by atoms with Crippen molar-refractivity contribution >= 4 is 23.3 Å². The van der Waals surface area contributed by atoms with Gasteiger partial charge >= 0.3 is 6.03 Å². The molecule has 2 aromatic carbocycles. The number of nitrogens with zero attached hydrogens (tertiary/aromatic N) is 4. The molecular formula is C34H39FN6O3. The third-order valence-electron chi connectivity index (χ3n) is 7.50. The summed E-state index contributed by atoms with van der Waals surface area (Å²) in [4.78, 5) is 32.6. The van der Waals surface area contributed by atoms with Crippen LogP contribution in [0.25, 0.3) is 5.69 Å². The van der Waals surface area contributed by atoms with Crippen LogP contribution in [0.2, 0.25) is 0 Å². The van der Waals surface area contributed by atoms with E-state index in [1.54, 1.807) is 41.2 Å². The molecule has 2 amide bonds. The molecule has 1 fully saturated rings. The summed E-state index contributed by atoms with van der Waals surface area (Å²) in [5.74, 6) is 0.634. The van der Waals surface area contributed by atoms with Crippen molar-refractivity contribution in [1.82, 2.24) is 19.7 Å². The number of amides is 2. The van der Waals surface area contributed by atoms with Gasteiger partial charge in [0.2, 0.25) is 0 Å². The molecule has 1 aliphatic heterocycles. The maximum absolute atomic E-state index is 14.9. The lowest BCUT2D eigenvalue weighted by Crippen LogP contribution is -2.22. The van der Waals surface area contributed by atoms with Crippen LogP contribution in [-0.2, 0) is 5.41 Å². The minimum Gasteiger partial charge on any atom is -0.457 e. The van der Waals surface area contributed by atoms with Crippen LogP contribution in [0, 0.1) is 12.7 Å². The summed E-state index contributed by atoms with van der Waals surface area (Å²) in [6.45, 7) is 11.1. The Hall–Kier alpha value is -4.57. The molecule has 2 aromatic heterocycles. The Balaban J connectivity index is 1.29. The van der Waals surface area contributed by atoms with E-state index in [9.17, 15) is 14.0 Å². The number of rotatable bonds is 10. The van der Waals surface area contributed by atoms with Gasteiger partial charge in [0.05, 0.1) is 17.1 Å². The normalized spacial score (nSPS) is 13.6. The van der Waals surface area contributed by atoms with E-state index in [-0.39, 0.29) is 22.6 Å². The molecule has 230 valence electrons. The molecular weight excluding hydrogens is 559 g/mol. The SMILES string of the molecule is Cc1cc(Oc2ccc(NC(=O)Nc3cc(C(C)(C)C)nn3-c3cccc(C(=O)CCCN4CCCC4)c3)c(F)c2)ccn1. The summed E-state index contributed by atoms with van der Waals surface area (Å²) < 4.78 is 22.3. The first-order valence-corrected chi connectivity index (χ1v) is 15.0. The smallest absolute Gasteiger partial charge is 0.324 e. The Morgan fingerprint density at radius 1 is 0.977 bits per heavy atom. The molecule has 1 saturated heterocycles. The zero-order chi connectivity index (χ0) is 31.3. The largest absolute Gasteiger partial charge is 0.457 e. The zero-order valence-corrected chi connectivity index (χ0v) is 25.7. The molecule has 0 spiro atoms. The minimum absolute atomic E-state index is 0.00982. The number of carbonyl (C=O) groups excluding carboxylic acids is 2. The first-order valence-electron chi connectivity index (χ1n) is 15.0. The van der Waals surface area contributed by atoms with Crippen LogP contribution < -0.4 is 15.4 Å². The molecule has 2 N–H and O–H groups in total. The van der Waals surface area contributed by atoms with Crippen LogP contribution in [0.3, 0.4) is 0 Å². The van der Waals surface area contributed by atoms with Crippen molar-refractivity contribution in [2.24, 2.45) is 0 Å². The van der Waals surface area contributed by atoms with Crippen molar-refractivity contribution in [3.05, 3.63) is 89.6 Å². The molecule has 44 heavy (non-hydrogen) atoms. The van der Waals surface area contributed by atoms with Crippen LogP contribution in [0.1, 0.15) is 68.2 Å². The summed E-state index contributed by atoms with van der Waals surface area (Å²) in [6, 6.07) is 16.1. The van der Waals surface area contributed by atoms with E-state index in [0.717, 1.165) is 37.4 Å². The predicted molar refractivity (Wildman–Crippen MR) is 170 cm³/mol. The standard InChI is InChI=1S/C34H39FN6O3/c1-23-19-27(14-15-36-23)44-26-12-13-29(28(35)21-26)37-33(43)38-32-22-31(34(2,3)4)39-41(32)25-10-7-9-24(20-25)30(42)11-8-18-40-16-5-6-17-40/h7,9-10,12-15,19-22H,5-6,8,11,16-18H2,1-4H3,(H2,37,38,43). The highest BCUT2D eigenvalue weighted by atomic mass is 19.1. The Morgan fingerprint density at radius 2 is 1.75 bits per heavy atom. The van der Waals surface area contributed by atoms with E-state index in [0.29, 0.717) is 29.2 Å². The monoisotopic (exact) mass is 598 g/mol. The number of hydrogen-bond acceptors (Lipinski definition) is 6. The molecule has 0 saturated carbocycles. The minimum atomic E-state index is -0.650. The van der Waals surface area contributed by atoms with Crippen LogP contribution in [0.5, 0.6) is 11.5 Å². The first kappa shape index (κ1) is 30.9. The number of Topliss-reactive ketones (excluding diaryl/α,β-unsaturated/α-hetero) is 1. The molecule has 3 heterocycles. The number of halogens is 1. The van der Waals surface area contributed by atoms with Gasteiger partial charge in [-0.2, -0.15) is 5.10 Å².